The molecule has 3 N–H and O–H groups in total. The molecule has 10 nitrogen and oxygen atoms in total. The molecule has 1 aliphatic heterocycles. The van der Waals surface area contributed by atoms with Gasteiger partial charge in [-0.15, -0.1) is 0 Å². The molecule has 0 aliphatic carbocycles. The van der Waals surface area contributed by atoms with Gasteiger partial charge in [0.25, 0.3) is 10.0 Å². The van der Waals surface area contributed by atoms with E-state index in [9.17, 15) is 31.5 Å². The van der Waals surface area contributed by atoms with Crippen molar-refractivity contribution in [2.24, 2.45) is 0 Å². The number of sulfonamides is 1. The van der Waals surface area contributed by atoms with Gasteiger partial charge in [-0.1, -0.05) is 12.1 Å². The summed E-state index contributed by atoms with van der Waals surface area (Å²) < 4.78 is 64.4. The number of carboxylic acid groups (broad SMARTS) is 2. The quantitative estimate of drug-likeness (QED) is 0.574. The minimum Gasteiger partial charge on any atom is -0.478 e. The molecule has 2 heterocycles. The topological polar surface area (TPSA) is 146 Å². The third-order valence-electron chi connectivity index (χ3n) is 4.20. The first-order valence-corrected chi connectivity index (χ1v) is 10.7. The Morgan fingerprint density at radius 2 is 1.76 bits per heavy atom. The maximum Gasteiger partial charge on any atom is 0.490 e. The van der Waals surface area contributed by atoms with E-state index in [0.29, 0.717) is 32.1 Å². The van der Waals surface area contributed by atoms with E-state index in [4.69, 9.17) is 14.6 Å². The number of aryl methyl sites for hydroxylation is 1. The molecule has 180 valence electrons. The maximum absolute atomic E-state index is 12.5. The van der Waals surface area contributed by atoms with Crippen LogP contribution in [-0.4, -0.2) is 68.0 Å². The Bertz CT molecular complexity index is 1120. The summed E-state index contributed by atoms with van der Waals surface area (Å²) in [4.78, 5) is 26.6. The molecular weight excluding hydrogens is 471 g/mol. The molecule has 1 saturated heterocycles. The SMILES string of the molecule is Cc1cccc(S(=O)(=O)Nc2cnc(N3CCOCC3)c(C(=O)O)c2)c1.O=C(O)C(F)(F)F. The predicted molar refractivity (Wildman–Crippen MR) is 110 cm³/mol. The first-order chi connectivity index (χ1) is 15.3. The van der Waals surface area contributed by atoms with Crippen molar-refractivity contribution in [2.75, 3.05) is 35.9 Å². The van der Waals surface area contributed by atoms with Gasteiger partial charge in [0.05, 0.1) is 30.0 Å². The molecule has 2 aromatic rings. The van der Waals surface area contributed by atoms with Crippen LogP contribution in [-0.2, 0) is 19.6 Å². The fourth-order valence-corrected chi connectivity index (χ4v) is 3.83. The Kier molecular flexibility index (Phi) is 8.22. The second-order valence-corrected chi connectivity index (χ2v) is 8.41. The number of aromatic nitrogens is 1. The second-order valence-electron chi connectivity index (χ2n) is 6.72. The molecule has 1 aliphatic rings. The highest BCUT2D eigenvalue weighted by molar-refractivity contribution is 7.92. The number of benzene rings is 1. The molecule has 14 heteroatoms. The molecule has 1 fully saturated rings. The van der Waals surface area contributed by atoms with Crippen LogP contribution in [0.2, 0.25) is 0 Å². The molecule has 1 aromatic heterocycles. The summed E-state index contributed by atoms with van der Waals surface area (Å²) in [5.74, 6) is -3.62. The van der Waals surface area contributed by atoms with E-state index in [2.05, 4.69) is 9.71 Å². The van der Waals surface area contributed by atoms with Crippen molar-refractivity contribution in [1.29, 1.82) is 0 Å². The van der Waals surface area contributed by atoms with E-state index in [1.165, 1.54) is 24.4 Å². The minimum absolute atomic E-state index is 0.0589. The van der Waals surface area contributed by atoms with Gasteiger partial charge in [0.1, 0.15) is 11.4 Å². The Balaban J connectivity index is 0.000000479. The fourth-order valence-electron chi connectivity index (χ4n) is 2.69. The van der Waals surface area contributed by atoms with Crippen molar-refractivity contribution in [1.82, 2.24) is 4.98 Å². The van der Waals surface area contributed by atoms with E-state index in [1.807, 2.05) is 4.90 Å². The monoisotopic (exact) mass is 491 g/mol. The normalized spacial score (nSPS) is 14.1. The number of rotatable bonds is 5. The first kappa shape index (κ1) is 25.9. The number of hydrogen-bond donors (Lipinski definition) is 3. The van der Waals surface area contributed by atoms with Crippen LogP contribution in [0.25, 0.3) is 0 Å². The van der Waals surface area contributed by atoms with Gasteiger partial charge in [0, 0.05) is 13.1 Å². The van der Waals surface area contributed by atoms with Gasteiger partial charge in [-0.3, -0.25) is 4.72 Å². The molecule has 0 amide bonds. The minimum atomic E-state index is -5.08. The standard InChI is InChI=1S/C17H19N3O5S.C2HF3O2/c1-12-3-2-4-14(9-12)26(23,24)19-13-10-15(17(21)22)16(18-11-13)20-5-7-25-8-6-20;3-2(4,5)1(6)7/h2-4,9-11,19H,5-8H2,1H3,(H,21,22);(H,6,7). The van der Waals surface area contributed by atoms with E-state index in [-0.39, 0.29) is 16.1 Å². The van der Waals surface area contributed by atoms with Crippen LogP contribution in [0.5, 0.6) is 0 Å². The fraction of sp³-hybridized carbons (Fsp3) is 0.316. The van der Waals surface area contributed by atoms with Gasteiger partial charge in [-0.05, 0) is 30.7 Å². The number of hydrogen-bond acceptors (Lipinski definition) is 7. The maximum atomic E-state index is 12.5. The number of carbonyl (C=O) groups is 2. The zero-order valence-corrected chi connectivity index (χ0v) is 18.0. The lowest BCUT2D eigenvalue weighted by Gasteiger charge is -2.28. The van der Waals surface area contributed by atoms with E-state index in [0.717, 1.165) is 5.56 Å². The van der Waals surface area contributed by atoms with Gasteiger partial charge >= 0.3 is 18.1 Å². The molecule has 0 spiro atoms. The van der Waals surface area contributed by atoms with E-state index < -0.39 is 28.1 Å². The van der Waals surface area contributed by atoms with Gasteiger partial charge in [0.15, 0.2) is 0 Å². The Morgan fingerprint density at radius 1 is 1.15 bits per heavy atom. The lowest BCUT2D eigenvalue weighted by atomic mass is 10.2. The van der Waals surface area contributed by atoms with Crippen LogP contribution in [0.4, 0.5) is 24.7 Å². The molecule has 3 rings (SSSR count). The number of anilines is 2. The van der Waals surface area contributed by atoms with Crippen LogP contribution >= 0.6 is 0 Å². The van der Waals surface area contributed by atoms with Gasteiger partial charge < -0.3 is 19.8 Å². The largest absolute Gasteiger partial charge is 0.490 e. The molecule has 1 aromatic carbocycles. The molecule has 0 bridgehead atoms. The summed E-state index contributed by atoms with van der Waals surface area (Å²) in [5, 5.41) is 16.6. The highest BCUT2D eigenvalue weighted by atomic mass is 32.2. The van der Waals surface area contributed by atoms with E-state index in [1.54, 1.807) is 19.1 Å². The summed E-state index contributed by atoms with van der Waals surface area (Å²) in [6, 6.07) is 7.74. The average molecular weight is 491 g/mol. The summed E-state index contributed by atoms with van der Waals surface area (Å²) in [7, 11) is -3.83. The third kappa shape index (κ3) is 7.32. The Hall–Kier alpha value is -3.39. The van der Waals surface area contributed by atoms with Crippen LogP contribution in [0.1, 0.15) is 15.9 Å². The van der Waals surface area contributed by atoms with Gasteiger partial charge in [-0.25, -0.2) is 23.0 Å². The molecular formula is C19H20F3N3O7S. The molecule has 33 heavy (non-hydrogen) atoms. The third-order valence-corrected chi connectivity index (χ3v) is 5.58. The van der Waals surface area contributed by atoms with Crippen molar-refractivity contribution in [3.63, 3.8) is 0 Å². The van der Waals surface area contributed by atoms with Crippen LogP contribution in [0.15, 0.2) is 41.4 Å². The highest BCUT2D eigenvalue weighted by Crippen LogP contribution is 2.24. The van der Waals surface area contributed by atoms with Crippen molar-refractivity contribution in [2.45, 2.75) is 18.0 Å². The number of halogens is 3. The summed E-state index contributed by atoms with van der Waals surface area (Å²) in [6.45, 7) is 3.83. The zero-order chi connectivity index (χ0) is 24.8. The molecule has 0 unspecified atom stereocenters. The van der Waals surface area contributed by atoms with Gasteiger partial charge in [0.2, 0.25) is 0 Å². The number of morpholine rings is 1. The predicted octanol–water partition coefficient (Wildman–Crippen LogP) is 2.36. The zero-order valence-electron chi connectivity index (χ0n) is 17.2. The van der Waals surface area contributed by atoms with Crippen molar-refractivity contribution in [3.8, 4) is 0 Å². The number of ether oxygens (including phenoxy) is 1. The second kappa shape index (κ2) is 10.5. The molecule has 0 saturated carbocycles. The Morgan fingerprint density at radius 3 is 2.27 bits per heavy atom. The van der Waals surface area contributed by atoms with Crippen LogP contribution in [0, 0.1) is 6.92 Å². The highest BCUT2D eigenvalue weighted by Gasteiger charge is 2.38. The molecule has 0 atom stereocenters. The smallest absolute Gasteiger partial charge is 0.478 e. The summed E-state index contributed by atoms with van der Waals surface area (Å²) in [5.41, 5.74) is 0.845. The number of alkyl halides is 3. The number of nitrogens with one attached hydrogen (secondary N) is 1. The average Bonchev–Trinajstić information content (AvgIpc) is 2.74. The van der Waals surface area contributed by atoms with Crippen molar-refractivity contribution < 1.29 is 46.1 Å². The van der Waals surface area contributed by atoms with E-state index >= 15 is 0 Å². The number of pyridine rings is 1. The number of aromatic carboxylic acids is 1. The molecule has 0 radical (unpaired) electrons. The Labute approximate surface area is 186 Å². The van der Waals surface area contributed by atoms with Crippen molar-refractivity contribution in [3.05, 3.63) is 47.7 Å². The number of aliphatic carboxylic acids is 1. The lowest BCUT2D eigenvalue weighted by Crippen LogP contribution is -2.37. The lowest BCUT2D eigenvalue weighted by molar-refractivity contribution is -0.192. The summed E-state index contributed by atoms with van der Waals surface area (Å²) in [6.07, 6.45) is -3.76. The number of carboxylic acids is 2. The van der Waals surface area contributed by atoms with Crippen molar-refractivity contribution >= 4 is 33.5 Å². The first-order valence-electron chi connectivity index (χ1n) is 9.27. The summed E-state index contributed by atoms with van der Waals surface area (Å²) >= 11 is 0. The van der Waals surface area contributed by atoms with Crippen LogP contribution in [0.3, 0.4) is 0 Å². The van der Waals surface area contributed by atoms with Gasteiger partial charge in [-0.2, -0.15) is 13.2 Å². The van der Waals surface area contributed by atoms with Crippen LogP contribution < -0.4 is 9.62 Å². The number of nitrogens with zero attached hydrogens (tertiary/aromatic N) is 2.